The van der Waals surface area contributed by atoms with Gasteiger partial charge in [-0.15, -0.1) is 0 Å². The second kappa shape index (κ2) is 3.16. The number of hydrogen-bond donors (Lipinski definition) is 0. The van der Waals surface area contributed by atoms with E-state index in [-0.39, 0.29) is 4.90 Å². The van der Waals surface area contributed by atoms with Gasteiger partial charge >= 0.3 is 0 Å². The molecule has 0 aliphatic rings. The number of halogens is 1. The Labute approximate surface area is 79.3 Å². The molecule has 0 saturated heterocycles. The molecule has 1 aromatic carbocycles. The van der Waals surface area contributed by atoms with E-state index in [0.717, 1.165) is 4.47 Å². The van der Waals surface area contributed by atoms with Gasteiger partial charge < -0.3 is 4.55 Å². The summed E-state index contributed by atoms with van der Waals surface area (Å²) in [6.45, 7) is 1.58. The van der Waals surface area contributed by atoms with Crippen molar-refractivity contribution in [1.29, 1.82) is 0 Å². The van der Waals surface area contributed by atoms with Crippen molar-refractivity contribution in [2.45, 2.75) is 11.8 Å². The molecule has 0 aliphatic carbocycles. The molecule has 0 atom stereocenters. The van der Waals surface area contributed by atoms with Crippen LogP contribution in [-0.4, -0.2) is 13.0 Å². The van der Waals surface area contributed by atoms with Crippen LogP contribution in [0.2, 0.25) is 0 Å². The molecule has 0 spiro atoms. The lowest BCUT2D eigenvalue weighted by Crippen LogP contribution is -2.00. The van der Waals surface area contributed by atoms with Gasteiger partial charge in [0.1, 0.15) is 10.1 Å². The normalized spacial score (nSPS) is 11.6. The van der Waals surface area contributed by atoms with Crippen LogP contribution in [0.1, 0.15) is 5.56 Å². The molecule has 0 N–H and O–H groups in total. The van der Waals surface area contributed by atoms with Gasteiger partial charge in [0.2, 0.25) is 0 Å². The molecule has 66 valence electrons. The molecule has 0 unspecified atom stereocenters. The largest absolute Gasteiger partial charge is 0.744 e. The Balaban J connectivity index is 3.39. The van der Waals surface area contributed by atoms with Gasteiger partial charge in [0.25, 0.3) is 0 Å². The molecule has 0 bridgehead atoms. The second-order valence-electron chi connectivity index (χ2n) is 2.36. The predicted molar refractivity (Wildman–Crippen MR) is 46.8 cm³/mol. The van der Waals surface area contributed by atoms with Gasteiger partial charge in [-0.05, 0) is 30.7 Å². The van der Waals surface area contributed by atoms with Crippen LogP contribution in [0.3, 0.4) is 0 Å². The second-order valence-corrected chi connectivity index (χ2v) is 4.63. The maximum Gasteiger partial charge on any atom is 0.124 e. The van der Waals surface area contributed by atoms with E-state index in [9.17, 15) is 13.0 Å². The van der Waals surface area contributed by atoms with Gasteiger partial charge in [-0.1, -0.05) is 15.9 Å². The molecule has 0 aliphatic heterocycles. The monoisotopic (exact) mass is 249 g/mol. The Morgan fingerprint density at radius 1 is 1.42 bits per heavy atom. The van der Waals surface area contributed by atoms with E-state index in [1.807, 2.05) is 0 Å². The summed E-state index contributed by atoms with van der Waals surface area (Å²) in [5.41, 5.74) is 0.458. The average Bonchev–Trinajstić information content (AvgIpc) is 1.83. The SMILES string of the molecule is Cc1cc(Br)ccc1S(=O)(=O)[O-]. The minimum atomic E-state index is -4.32. The molecule has 1 aromatic rings. The molecular formula is C7H6BrO3S-. The third kappa shape index (κ3) is 2.06. The third-order valence-electron chi connectivity index (χ3n) is 1.41. The van der Waals surface area contributed by atoms with Crippen molar-refractivity contribution >= 4 is 26.0 Å². The average molecular weight is 250 g/mol. The summed E-state index contributed by atoms with van der Waals surface area (Å²) in [6, 6.07) is 4.41. The van der Waals surface area contributed by atoms with Crippen LogP contribution in [-0.2, 0) is 10.1 Å². The third-order valence-corrected chi connectivity index (χ3v) is 2.90. The zero-order valence-electron chi connectivity index (χ0n) is 6.24. The zero-order valence-corrected chi connectivity index (χ0v) is 8.65. The van der Waals surface area contributed by atoms with Crippen molar-refractivity contribution in [3.63, 3.8) is 0 Å². The first-order chi connectivity index (χ1) is 5.41. The molecule has 0 aromatic heterocycles. The van der Waals surface area contributed by atoms with Crippen molar-refractivity contribution in [2.75, 3.05) is 0 Å². The van der Waals surface area contributed by atoms with Crippen molar-refractivity contribution < 1.29 is 13.0 Å². The van der Waals surface area contributed by atoms with Crippen molar-refractivity contribution in [1.82, 2.24) is 0 Å². The van der Waals surface area contributed by atoms with E-state index in [1.54, 1.807) is 13.0 Å². The Hall–Kier alpha value is -0.390. The van der Waals surface area contributed by atoms with Crippen molar-refractivity contribution in [3.05, 3.63) is 28.2 Å². The summed E-state index contributed by atoms with van der Waals surface area (Å²) >= 11 is 3.17. The van der Waals surface area contributed by atoms with E-state index in [1.165, 1.54) is 12.1 Å². The molecule has 0 saturated carbocycles. The maximum atomic E-state index is 10.6. The van der Waals surface area contributed by atoms with Gasteiger partial charge in [0.05, 0.1) is 4.90 Å². The number of hydrogen-bond acceptors (Lipinski definition) is 3. The van der Waals surface area contributed by atoms with Crippen molar-refractivity contribution in [3.8, 4) is 0 Å². The Kier molecular flexibility index (Phi) is 2.55. The first-order valence-corrected chi connectivity index (χ1v) is 5.33. The van der Waals surface area contributed by atoms with Crippen LogP contribution in [0, 0.1) is 6.92 Å². The fourth-order valence-corrected chi connectivity index (χ4v) is 2.06. The summed E-state index contributed by atoms with van der Waals surface area (Å²) in [4.78, 5) is -0.161. The highest BCUT2D eigenvalue weighted by Gasteiger charge is 2.04. The first kappa shape index (κ1) is 9.70. The minimum absolute atomic E-state index is 0.161. The fourth-order valence-electron chi connectivity index (χ4n) is 0.893. The summed E-state index contributed by atoms with van der Waals surface area (Å²) < 4.78 is 32.5. The highest BCUT2D eigenvalue weighted by atomic mass is 79.9. The molecule has 0 fully saturated rings. The van der Waals surface area contributed by atoms with Crippen LogP contribution in [0.25, 0.3) is 0 Å². The summed E-state index contributed by atoms with van der Waals surface area (Å²) in [6.07, 6.45) is 0. The van der Waals surface area contributed by atoms with E-state index in [0.29, 0.717) is 5.56 Å². The van der Waals surface area contributed by atoms with Crippen LogP contribution in [0.4, 0.5) is 0 Å². The molecule has 0 radical (unpaired) electrons. The molecule has 1 rings (SSSR count). The number of benzene rings is 1. The molecule has 0 amide bonds. The smallest absolute Gasteiger partial charge is 0.124 e. The highest BCUT2D eigenvalue weighted by molar-refractivity contribution is 9.10. The van der Waals surface area contributed by atoms with Crippen LogP contribution in [0.5, 0.6) is 0 Å². The molecule has 12 heavy (non-hydrogen) atoms. The predicted octanol–water partition coefficient (Wildman–Crippen LogP) is 1.66. The summed E-state index contributed by atoms with van der Waals surface area (Å²) in [5.74, 6) is 0. The van der Waals surface area contributed by atoms with E-state index in [4.69, 9.17) is 0 Å². The maximum absolute atomic E-state index is 10.6. The molecule has 0 heterocycles. The highest BCUT2D eigenvalue weighted by Crippen LogP contribution is 2.19. The Morgan fingerprint density at radius 2 is 2.00 bits per heavy atom. The fraction of sp³-hybridized carbons (Fsp3) is 0.143. The number of rotatable bonds is 1. The lowest BCUT2D eigenvalue weighted by molar-refractivity contribution is 0.462. The standard InChI is InChI=1S/C7H7BrO3S/c1-5-4-6(8)2-3-7(5)12(9,10)11/h2-4H,1H3,(H,9,10,11)/p-1. The Bertz CT molecular complexity index is 397. The molecule has 3 nitrogen and oxygen atoms in total. The summed E-state index contributed by atoms with van der Waals surface area (Å²) in [7, 11) is -4.32. The molecule has 5 heteroatoms. The summed E-state index contributed by atoms with van der Waals surface area (Å²) in [5, 5.41) is 0. The quantitative estimate of drug-likeness (QED) is 0.712. The minimum Gasteiger partial charge on any atom is -0.744 e. The van der Waals surface area contributed by atoms with Crippen molar-refractivity contribution in [2.24, 2.45) is 0 Å². The van der Waals surface area contributed by atoms with E-state index in [2.05, 4.69) is 15.9 Å². The van der Waals surface area contributed by atoms with Gasteiger partial charge in [-0.25, -0.2) is 8.42 Å². The van der Waals surface area contributed by atoms with Crippen LogP contribution >= 0.6 is 15.9 Å². The van der Waals surface area contributed by atoms with E-state index >= 15 is 0 Å². The van der Waals surface area contributed by atoms with Gasteiger partial charge in [0.15, 0.2) is 0 Å². The van der Waals surface area contributed by atoms with Crippen LogP contribution < -0.4 is 0 Å². The van der Waals surface area contributed by atoms with E-state index < -0.39 is 10.1 Å². The topological polar surface area (TPSA) is 57.2 Å². The first-order valence-electron chi connectivity index (χ1n) is 3.13. The van der Waals surface area contributed by atoms with Gasteiger partial charge in [-0.3, -0.25) is 0 Å². The van der Waals surface area contributed by atoms with Gasteiger partial charge in [-0.2, -0.15) is 0 Å². The lowest BCUT2D eigenvalue weighted by atomic mass is 10.2. The van der Waals surface area contributed by atoms with Crippen LogP contribution in [0.15, 0.2) is 27.6 Å². The lowest BCUT2D eigenvalue weighted by Gasteiger charge is -2.09. The zero-order chi connectivity index (χ0) is 9.35. The van der Waals surface area contributed by atoms with Gasteiger partial charge in [0, 0.05) is 4.47 Å². The Morgan fingerprint density at radius 3 is 2.42 bits per heavy atom. The molecular weight excluding hydrogens is 244 g/mol. The number of aryl methyl sites for hydroxylation is 1.